The Morgan fingerprint density at radius 1 is 0.850 bits per heavy atom. The summed E-state index contributed by atoms with van der Waals surface area (Å²) in [6.07, 6.45) is 11.0. The molecule has 1 unspecified atom stereocenters. The number of Topliss-reactive ketones (excluding diaryl/α,β-unsaturated/α-hetero) is 1. The van der Waals surface area contributed by atoms with Crippen molar-refractivity contribution >= 4 is 22.7 Å². The number of rotatable bonds is 9. The Kier molecular flexibility index (Phi) is 6.77. The molecule has 0 spiro atoms. The number of carbonyl (C=O) groups is 2. The van der Waals surface area contributed by atoms with Crippen molar-refractivity contribution in [3.8, 4) is 0 Å². The molecule has 0 aromatic rings. The van der Waals surface area contributed by atoms with Gasteiger partial charge in [-0.3, -0.25) is 9.59 Å². The van der Waals surface area contributed by atoms with Crippen LogP contribution in [0.2, 0.25) is 0 Å². The number of unbranched alkanes of at least 4 members (excludes halogenated alkanes) is 7. The standard InChI is InChI=1S/C17H30O2S/c1-5-6-7-8-9-10-11-12-13-17(4)14(18)16(2,3)15(19)20-17/h5-13H2,1-4H3. The third-order valence-corrected chi connectivity index (χ3v) is 5.92. The summed E-state index contributed by atoms with van der Waals surface area (Å²) < 4.78 is -0.469. The van der Waals surface area contributed by atoms with Crippen LogP contribution in [0.4, 0.5) is 0 Å². The molecule has 20 heavy (non-hydrogen) atoms. The Hall–Kier alpha value is -0.310. The Morgan fingerprint density at radius 3 is 1.80 bits per heavy atom. The summed E-state index contributed by atoms with van der Waals surface area (Å²) in [6, 6.07) is 0. The van der Waals surface area contributed by atoms with Gasteiger partial charge in [-0.25, -0.2) is 0 Å². The minimum atomic E-state index is -0.778. The number of hydrogen-bond acceptors (Lipinski definition) is 3. The Balaban J connectivity index is 2.22. The molecule has 0 saturated carbocycles. The predicted octanol–water partition coefficient (Wildman–Crippen LogP) is 5.14. The largest absolute Gasteiger partial charge is 0.297 e. The highest BCUT2D eigenvalue weighted by Gasteiger charge is 2.55. The monoisotopic (exact) mass is 298 g/mol. The molecule has 3 heteroatoms. The van der Waals surface area contributed by atoms with Gasteiger partial charge in [0.25, 0.3) is 0 Å². The van der Waals surface area contributed by atoms with E-state index in [-0.39, 0.29) is 10.9 Å². The molecule has 0 bridgehead atoms. The average Bonchev–Trinajstić information content (AvgIpc) is 2.54. The van der Waals surface area contributed by atoms with Crippen molar-refractivity contribution in [3.63, 3.8) is 0 Å². The van der Waals surface area contributed by atoms with Gasteiger partial charge in [0.2, 0.25) is 5.12 Å². The topological polar surface area (TPSA) is 34.1 Å². The molecule has 1 heterocycles. The van der Waals surface area contributed by atoms with Gasteiger partial charge in [-0.05, 0) is 27.2 Å². The van der Waals surface area contributed by atoms with Gasteiger partial charge in [0.1, 0.15) is 0 Å². The summed E-state index contributed by atoms with van der Waals surface area (Å²) in [5.41, 5.74) is -0.778. The minimum Gasteiger partial charge on any atom is -0.297 e. The Labute approximate surface area is 128 Å². The summed E-state index contributed by atoms with van der Waals surface area (Å²) in [4.78, 5) is 24.3. The second-order valence-electron chi connectivity index (χ2n) is 6.80. The molecular weight excluding hydrogens is 268 g/mol. The van der Waals surface area contributed by atoms with E-state index >= 15 is 0 Å². The molecule has 116 valence electrons. The third-order valence-electron chi connectivity index (χ3n) is 4.38. The molecule has 1 rings (SSSR count). The molecule has 1 aliphatic heterocycles. The van der Waals surface area contributed by atoms with Gasteiger partial charge >= 0.3 is 0 Å². The van der Waals surface area contributed by atoms with Crippen molar-refractivity contribution in [2.75, 3.05) is 0 Å². The van der Waals surface area contributed by atoms with Crippen molar-refractivity contribution in [1.82, 2.24) is 0 Å². The number of carbonyl (C=O) groups excluding carboxylic acids is 2. The van der Waals surface area contributed by atoms with Crippen LogP contribution in [0, 0.1) is 5.41 Å². The minimum absolute atomic E-state index is 0.0459. The molecular formula is C17H30O2S. The SMILES string of the molecule is CCCCCCCCCCC1(C)SC(=O)C(C)(C)C1=O. The third kappa shape index (κ3) is 4.34. The maximum Gasteiger partial charge on any atom is 0.202 e. The van der Waals surface area contributed by atoms with E-state index in [0.717, 1.165) is 12.8 Å². The summed E-state index contributed by atoms with van der Waals surface area (Å²) in [5, 5.41) is 0.0459. The van der Waals surface area contributed by atoms with Crippen LogP contribution < -0.4 is 0 Å². The molecule has 0 radical (unpaired) electrons. The predicted molar refractivity (Wildman–Crippen MR) is 87.0 cm³/mol. The number of ketones is 1. The fourth-order valence-corrected chi connectivity index (χ4v) is 4.24. The first-order valence-electron chi connectivity index (χ1n) is 8.13. The Morgan fingerprint density at radius 2 is 1.35 bits per heavy atom. The van der Waals surface area contributed by atoms with Gasteiger partial charge in [-0.1, -0.05) is 70.1 Å². The maximum atomic E-state index is 12.4. The number of hydrogen-bond donors (Lipinski definition) is 0. The van der Waals surface area contributed by atoms with Crippen molar-refractivity contribution in [1.29, 1.82) is 0 Å². The van der Waals surface area contributed by atoms with Crippen LogP contribution in [0.1, 0.15) is 85.5 Å². The maximum absolute atomic E-state index is 12.4. The molecule has 0 aliphatic carbocycles. The normalized spacial score (nSPS) is 25.4. The van der Waals surface area contributed by atoms with Crippen LogP contribution in [-0.2, 0) is 9.59 Å². The van der Waals surface area contributed by atoms with Gasteiger partial charge in [-0.2, -0.15) is 0 Å². The highest BCUT2D eigenvalue weighted by atomic mass is 32.2. The summed E-state index contributed by atoms with van der Waals surface area (Å²) in [7, 11) is 0. The molecule has 0 N–H and O–H groups in total. The van der Waals surface area contributed by atoms with Gasteiger partial charge in [-0.15, -0.1) is 0 Å². The average molecular weight is 298 g/mol. The lowest BCUT2D eigenvalue weighted by Gasteiger charge is -2.22. The van der Waals surface area contributed by atoms with Gasteiger partial charge in [0.05, 0.1) is 10.2 Å². The number of thioether (sulfide) groups is 1. The van der Waals surface area contributed by atoms with Crippen LogP contribution in [0.3, 0.4) is 0 Å². The van der Waals surface area contributed by atoms with E-state index in [4.69, 9.17) is 0 Å². The molecule has 1 aliphatic rings. The van der Waals surface area contributed by atoms with E-state index in [9.17, 15) is 9.59 Å². The van der Waals surface area contributed by atoms with Crippen molar-refractivity contribution in [3.05, 3.63) is 0 Å². The lowest BCUT2D eigenvalue weighted by molar-refractivity contribution is -0.133. The van der Waals surface area contributed by atoms with Crippen LogP contribution in [0.15, 0.2) is 0 Å². The van der Waals surface area contributed by atoms with Crippen LogP contribution >= 0.6 is 11.8 Å². The second-order valence-corrected chi connectivity index (χ2v) is 8.28. The smallest absolute Gasteiger partial charge is 0.202 e. The zero-order chi connectivity index (χ0) is 15.2. The first-order valence-corrected chi connectivity index (χ1v) is 8.94. The summed E-state index contributed by atoms with van der Waals surface area (Å²) >= 11 is 1.27. The zero-order valence-electron chi connectivity index (χ0n) is 13.6. The van der Waals surface area contributed by atoms with E-state index in [1.807, 2.05) is 6.92 Å². The molecule has 1 fully saturated rings. The highest BCUT2D eigenvalue weighted by Crippen LogP contribution is 2.48. The molecule has 1 atom stereocenters. The first kappa shape index (κ1) is 17.7. The zero-order valence-corrected chi connectivity index (χ0v) is 14.4. The highest BCUT2D eigenvalue weighted by molar-refractivity contribution is 8.16. The molecule has 1 saturated heterocycles. The van der Waals surface area contributed by atoms with E-state index in [1.54, 1.807) is 13.8 Å². The quantitative estimate of drug-likeness (QED) is 0.436. The van der Waals surface area contributed by atoms with Crippen LogP contribution in [0.25, 0.3) is 0 Å². The van der Waals surface area contributed by atoms with Crippen molar-refractivity contribution in [2.24, 2.45) is 5.41 Å². The van der Waals surface area contributed by atoms with Gasteiger partial charge < -0.3 is 0 Å². The van der Waals surface area contributed by atoms with E-state index in [2.05, 4.69) is 6.92 Å². The van der Waals surface area contributed by atoms with Gasteiger partial charge in [0, 0.05) is 0 Å². The van der Waals surface area contributed by atoms with E-state index < -0.39 is 10.2 Å². The second kappa shape index (κ2) is 7.63. The molecule has 0 aromatic heterocycles. The lowest BCUT2D eigenvalue weighted by atomic mass is 9.81. The van der Waals surface area contributed by atoms with E-state index in [0.29, 0.717) is 0 Å². The molecule has 0 aromatic carbocycles. The van der Waals surface area contributed by atoms with Crippen LogP contribution in [-0.4, -0.2) is 15.6 Å². The molecule has 0 amide bonds. The fourth-order valence-electron chi connectivity index (χ4n) is 2.89. The van der Waals surface area contributed by atoms with Crippen molar-refractivity contribution in [2.45, 2.75) is 90.2 Å². The first-order chi connectivity index (χ1) is 9.34. The van der Waals surface area contributed by atoms with Gasteiger partial charge in [0.15, 0.2) is 5.78 Å². The van der Waals surface area contributed by atoms with Crippen LogP contribution in [0.5, 0.6) is 0 Å². The molecule has 2 nitrogen and oxygen atoms in total. The van der Waals surface area contributed by atoms with E-state index in [1.165, 1.54) is 56.7 Å². The summed E-state index contributed by atoms with van der Waals surface area (Å²) in [5.74, 6) is 0.128. The van der Waals surface area contributed by atoms with Crippen molar-refractivity contribution < 1.29 is 9.59 Å². The lowest BCUT2D eigenvalue weighted by Crippen LogP contribution is -2.35. The summed E-state index contributed by atoms with van der Waals surface area (Å²) in [6.45, 7) is 7.72. The Bertz CT molecular complexity index is 349. The fraction of sp³-hybridized carbons (Fsp3) is 0.882.